The number of likely N-dealkylation sites (N-methyl/N-ethyl adjacent to an activating group) is 1. The molecule has 0 bridgehead atoms. The zero-order chi connectivity index (χ0) is 14.7. The lowest BCUT2D eigenvalue weighted by atomic mass is 10.1. The number of fused-ring (bicyclic) bond motifs is 1. The van der Waals surface area contributed by atoms with Crippen LogP contribution in [0.1, 0.15) is 12.0 Å². The highest BCUT2D eigenvalue weighted by Crippen LogP contribution is 2.13. The van der Waals surface area contributed by atoms with E-state index in [0.717, 1.165) is 24.9 Å². The Bertz CT molecular complexity index is 712. The Morgan fingerprint density at radius 2 is 2.14 bits per heavy atom. The first-order chi connectivity index (χ1) is 10.3. The molecule has 0 spiro atoms. The molecule has 1 unspecified atom stereocenters. The van der Waals surface area contributed by atoms with Gasteiger partial charge < -0.3 is 9.88 Å². The Morgan fingerprint density at radius 1 is 1.29 bits per heavy atom. The van der Waals surface area contributed by atoms with Crippen molar-refractivity contribution in [2.75, 3.05) is 7.05 Å². The summed E-state index contributed by atoms with van der Waals surface area (Å²) >= 11 is 0. The molecule has 0 radical (unpaired) electrons. The lowest BCUT2D eigenvalue weighted by Crippen LogP contribution is -2.30. The highest BCUT2D eigenvalue weighted by molar-refractivity contribution is 5.74. The van der Waals surface area contributed by atoms with Crippen LogP contribution in [0, 0.1) is 0 Å². The summed E-state index contributed by atoms with van der Waals surface area (Å²) in [5, 5.41) is 7.62. The van der Waals surface area contributed by atoms with Crippen LogP contribution < -0.4 is 5.32 Å². The van der Waals surface area contributed by atoms with E-state index in [1.165, 1.54) is 11.1 Å². The van der Waals surface area contributed by atoms with Crippen LogP contribution in [0.3, 0.4) is 0 Å². The maximum atomic E-state index is 4.45. The van der Waals surface area contributed by atoms with Gasteiger partial charge in [-0.3, -0.25) is 4.68 Å². The Labute approximate surface area is 124 Å². The first-order valence-electron chi connectivity index (χ1n) is 7.31. The van der Waals surface area contributed by atoms with Crippen molar-refractivity contribution in [2.45, 2.75) is 25.4 Å². The zero-order valence-corrected chi connectivity index (χ0v) is 12.5. The summed E-state index contributed by atoms with van der Waals surface area (Å²) in [5.74, 6) is 0. The SMILES string of the molecule is CNC(CCc1cnn(C)c1)Cn1cnc2ccccc21. The standard InChI is InChI=1S/C16H21N5/c1-17-14(8-7-13-9-19-20(2)10-13)11-21-12-18-15-5-3-4-6-16(15)21/h3-6,9-10,12,14,17H,7-8,11H2,1-2H3. The molecule has 0 amide bonds. The van der Waals surface area contributed by atoms with Crippen LogP contribution in [0.25, 0.3) is 11.0 Å². The molecule has 0 aliphatic rings. The van der Waals surface area contributed by atoms with Gasteiger partial charge in [-0.25, -0.2) is 4.98 Å². The Balaban J connectivity index is 1.66. The fourth-order valence-corrected chi connectivity index (χ4v) is 2.66. The molecule has 2 aromatic heterocycles. The van der Waals surface area contributed by atoms with Gasteiger partial charge in [-0.2, -0.15) is 5.10 Å². The van der Waals surface area contributed by atoms with Gasteiger partial charge in [-0.05, 0) is 37.6 Å². The van der Waals surface area contributed by atoms with Crippen molar-refractivity contribution >= 4 is 11.0 Å². The quantitative estimate of drug-likeness (QED) is 0.752. The fourth-order valence-electron chi connectivity index (χ4n) is 2.66. The predicted molar refractivity (Wildman–Crippen MR) is 84.1 cm³/mol. The predicted octanol–water partition coefficient (Wildman–Crippen LogP) is 1.99. The number of aryl methyl sites for hydroxylation is 2. The van der Waals surface area contributed by atoms with E-state index in [4.69, 9.17) is 0 Å². The number of rotatable bonds is 6. The minimum Gasteiger partial charge on any atom is -0.329 e. The summed E-state index contributed by atoms with van der Waals surface area (Å²) in [6.45, 7) is 0.928. The van der Waals surface area contributed by atoms with Gasteiger partial charge in [0.05, 0.1) is 23.6 Å². The van der Waals surface area contributed by atoms with Gasteiger partial charge in [0.15, 0.2) is 0 Å². The topological polar surface area (TPSA) is 47.7 Å². The van der Waals surface area contributed by atoms with Gasteiger partial charge >= 0.3 is 0 Å². The van der Waals surface area contributed by atoms with Crippen LogP contribution in [-0.2, 0) is 20.0 Å². The van der Waals surface area contributed by atoms with Gasteiger partial charge in [-0.1, -0.05) is 12.1 Å². The van der Waals surface area contributed by atoms with Gasteiger partial charge in [-0.15, -0.1) is 0 Å². The molecular formula is C16H21N5. The molecule has 110 valence electrons. The highest BCUT2D eigenvalue weighted by atomic mass is 15.2. The number of hydrogen-bond donors (Lipinski definition) is 1. The molecule has 5 nitrogen and oxygen atoms in total. The van der Waals surface area contributed by atoms with E-state index < -0.39 is 0 Å². The summed E-state index contributed by atoms with van der Waals surface area (Å²) in [7, 11) is 3.98. The van der Waals surface area contributed by atoms with Crippen molar-refractivity contribution in [1.29, 1.82) is 0 Å². The maximum Gasteiger partial charge on any atom is 0.0958 e. The van der Waals surface area contributed by atoms with E-state index >= 15 is 0 Å². The second-order valence-electron chi connectivity index (χ2n) is 5.43. The summed E-state index contributed by atoms with van der Waals surface area (Å²) in [4.78, 5) is 4.45. The second kappa shape index (κ2) is 6.10. The van der Waals surface area contributed by atoms with E-state index in [0.29, 0.717) is 6.04 Å². The van der Waals surface area contributed by atoms with Gasteiger partial charge in [0.2, 0.25) is 0 Å². The van der Waals surface area contributed by atoms with Gasteiger partial charge in [0.25, 0.3) is 0 Å². The van der Waals surface area contributed by atoms with E-state index in [2.05, 4.69) is 44.4 Å². The summed E-state index contributed by atoms with van der Waals surface area (Å²) < 4.78 is 4.08. The number of hydrogen-bond acceptors (Lipinski definition) is 3. The average molecular weight is 283 g/mol. The first kappa shape index (κ1) is 13.8. The largest absolute Gasteiger partial charge is 0.329 e. The molecule has 3 aromatic rings. The van der Waals surface area contributed by atoms with Crippen LogP contribution in [0.2, 0.25) is 0 Å². The second-order valence-corrected chi connectivity index (χ2v) is 5.43. The van der Waals surface area contributed by atoms with Crippen molar-refractivity contribution in [1.82, 2.24) is 24.6 Å². The molecule has 3 rings (SSSR count). The monoisotopic (exact) mass is 283 g/mol. The third kappa shape index (κ3) is 3.13. The lowest BCUT2D eigenvalue weighted by molar-refractivity contribution is 0.459. The van der Waals surface area contributed by atoms with Crippen LogP contribution in [0.4, 0.5) is 0 Å². The summed E-state index contributed by atoms with van der Waals surface area (Å²) in [6, 6.07) is 8.68. The van der Waals surface area contributed by atoms with Crippen molar-refractivity contribution < 1.29 is 0 Å². The number of aromatic nitrogens is 4. The fraction of sp³-hybridized carbons (Fsp3) is 0.375. The highest BCUT2D eigenvalue weighted by Gasteiger charge is 2.10. The third-order valence-corrected chi connectivity index (χ3v) is 3.89. The van der Waals surface area contributed by atoms with E-state index in [1.54, 1.807) is 0 Å². The molecule has 5 heteroatoms. The first-order valence-corrected chi connectivity index (χ1v) is 7.31. The van der Waals surface area contributed by atoms with Crippen LogP contribution in [0.5, 0.6) is 0 Å². The average Bonchev–Trinajstić information content (AvgIpc) is 3.10. The van der Waals surface area contributed by atoms with Crippen molar-refractivity contribution in [3.8, 4) is 0 Å². The van der Waals surface area contributed by atoms with E-state index in [-0.39, 0.29) is 0 Å². The molecule has 0 aliphatic carbocycles. The number of para-hydroxylation sites is 2. The van der Waals surface area contributed by atoms with Crippen LogP contribution >= 0.6 is 0 Å². The van der Waals surface area contributed by atoms with E-state index in [1.807, 2.05) is 37.4 Å². The van der Waals surface area contributed by atoms with E-state index in [9.17, 15) is 0 Å². The molecule has 0 fully saturated rings. The molecule has 1 aromatic carbocycles. The van der Waals surface area contributed by atoms with Crippen molar-refractivity contribution in [2.24, 2.45) is 7.05 Å². The van der Waals surface area contributed by atoms with Crippen LogP contribution in [-0.4, -0.2) is 32.4 Å². The number of imidazole rings is 1. The maximum absolute atomic E-state index is 4.45. The Kier molecular flexibility index (Phi) is 4.01. The zero-order valence-electron chi connectivity index (χ0n) is 12.5. The lowest BCUT2D eigenvalue weighted by Gasteiger charge is -2.17. The number of nitrogens with one attached hydrogen (secondary N) is 1. The molecule has 21 heavy (non-hydrogen) atoms. The molecule has 1 atom stereocenters. The summed E-state index contributed by atoms with van der Waals surface area (Å²) in [5.41, 5.74) is 3.53. The smallest absolute Gasteiger partial charge is 0.0958 e. The number of nitrogens with zero attached hydrogens (tertiary/aromatic N) is 4. The van der Waals surface area contributed by atoms with Gasteiger partial charge in [0.1, 0.15) is 0 Å². The molecule has 2 heterocycles. The van der Waals surface area contributed by atoms with Crippen molar-refractivity contribution in [3.63, 3.8) is 0 Å². The summed E-state index contributed by atoms with van der Waals surface area (Å²) in [6.07, 6.45) is 8.07. The minimum absolute atomic E-state index is 0.419. The van der Waals surface area contributed by atoms with Crippen LogP contribution in [0.15, 0.2) is 43.0 Å². The third-order valence-electron chi connectivity index (χ3n) is 3.89. The molecule has 1 N–H and O–H groups in total. The molecule has 0 saturated heterocycles. The van der Waals surface area contributed by atoms with Crippen molar-refractivity contribution in [3.05, 3.63) is 48.5 Å². The molecule has 0 saturated carbocycles. The molecular weight excluding hydrogens is 262 g/mol. The Morgan fingerprint density at radius 3 is 2.90 bits per heavy atom. The van der Waals surface area contributed by atoms with Gasteiger partial charge in [0, 0.05) is 25.8 Å². The minimum atomic E-state index is 0.419. The molecule has 0 aliphatic heterocycles. The number of benzene rings is 1. The Hall–Kier alpha value is -2.14. The normalized spacial score (nSPS) is 12.9.